The number of hydrogen-bond donors (Lipinski definition) is 4. The third-order valence-corrected chi connectivity index (χ3v) is 13.4. The average molecular weight is 860 g/mol. The van der Waals surface area contributed by atoms with Gasteiger partial charge >= 0.3 is 0 Å². The van der Waals surface area contributed by atoms with Crippen molar-refractivity contribution in [2.45, 2.75) is 39.5 Å². The van der Waals surface area contributed by atoms with Crippen LogP contribution in [0.5, 0.6) is 0 Å². The van der Waals surface area contributed by atoms with Crippen LogP contribution in [0.1, 0.15) is 50.9 Å². The van der Waals surface area contributed by atoms with E-state index in [9.17, 15) is 9.59 Å². The zero-order valence-corrected chi connectivity index (χ0v) is 36.4. The number of pyridine rings is 1. The Bertz CT molecular complexity index is 2630. The molecule has 0 atom stereocenters. The van der Waals surface area contributed by atoms with E-state index in [0.29, 0.717) is 17.7 Å². The molecule has 0 saturated carbocycles. The third-order valence-electron chi connectivity index (χ3n) is 11.2. The fourth-order valence-corrected chi connectivity index (χ4v) is 9.90. The largest absolute Gasteiger partial charge is 0.354 e. The van der Waals surface area contributed by atoms with E-state index in [1.165, 1.54) is 0 Å². The number of aromatic nitrogens is 1. The minimum atomic E-state index is -0.180. The zero-order valence-electron chi connectivity index (χ0n) is 34.7. The number of piperazine rings is 2. The number of amides is 2. The highest BCUT2D eigenvalue weighted by Crippen LogP contribution is 2.44. The number of amidine groups is 2. The molecular weight excluding hydrogens is 811 g/mol. The van der Waals surface area contributed by atoms with Crippen LogP contribution in [0.4, 0.5) is 11.4 Å². The first kappa shape index (κ1) is 41.4. The van der Waals surface area contributed by atoms with Crippen LogP contribution in [0.25, 0.3) is 11.1 Å². The van der Waals surface area contributed by atoms with Crippen LogP contribution < -0.4 is 21.3 Å². The molecule has 62 heavy (non-hydrogen) atoms. The molecule has 0 spiro atoms. The molecule has 2 amide bonds. The van der Waals surface area contributed by atoms with Gasteiger partial charge in [0.1, 0.15) is 11.7 Å². The lowest BCUT2D eigenvalue weighted by atomic mass is 10.0. The second-order valence-corrected chi connectivity index (χ2v) is 17.7. The van der Waals surface area contributed by atoms with Crippen LogP contribution in [-0.2, 0) is 6.54 Å². The summed E-state index contributed by atoms with van der Waals surface area (Å²) in [7, 11) is 0. The molecule has 1 aromatic heterocycles. The van der Waals surface area contributed by atoms with Crippen molar-refractivity contribution in [2.75, 3.05) is 58.9 Å². The van der Waals surface area contributed by atoms with E-state index in [2.05, 4.69) is 92.0 Å². The minimum Gasteiger partial charge on any atom is -0.354 e. The second-order valence-electron chi connectivity index (χ2n) is 15.5. The maximum Gasteiger partial charge on any atom is 0.251 e. The molecule has 11 nitrogen and oxygen atoms in total. The molecule has 2 fully saturated rings. The molecule has 0 unspecified atom stereocenters. The van der Waals surface area contributed by atoms with Crippen molar-refractivity contribution in [1.82, 2.24) is 36.1 Å². The van der Waals surface area contributed by atoms with Crippen molar-refractivity contribution in [3.63, 3.8) is 0 Å². The van der Waals surface area contributed by atoms with Crippen molar-refractivity contribution in [1.29, 1.82) is 0 Å². The highest BCUT2D eigenvalue weighted by molar-refractivity contribution is 7.99. The Morgan fingerprint density at radius 2 is 1.29 bits per heavy atom. The predicted molar refractivity (Wildman–Crippen MR) is 251 cm³/mol. The number of allylic oxidation sites excluding steroid dienone is 1. The first-order valence-electron chi connectivity index (χ1n) is 21.2. The fourth-order valence-electron chi connectivity index (χ4n) is 7.86. The molecule has 4 aliphatic rings. The van der Waals surface area contributed by atoms with Crippen molar-refractivity contribution in [2.24, 2.45) is 9.98 Å². The molecule has 4 aliphatic heterocycles. The van der Waals surface area contributed by atoms with E-state index < -0.39 is 0 Å². The quantitative estimate of drug-likeness (QED) is 0.110. The van der Waals surface area contributed by atoms with E-state index in [4.69, 9.17) is 9.98 Å². The molecule has 2 saturated heterocycles. The summed E-state index contributed by atoms with van der Waals surface area (Å²) in [6, 6.07) is 30.5. The van der Waals surface area contributed by atoms with E-state index in [-0.39, 0.29) is 18.4 Å². The topological polar surface area (TPSA) is 126 Å². The number of fused-ring (bicyclic) bond motifs is 4. The van der Waals surface area contributed by atoms with E-state index in [1.54, 1.807) is 29.7 Å². The summed E-state index contributed by atoms with van der Waals surface area (Å²) >= 11 is 3.35. The standard InChI is InChI=1S/C49H49N9O2S2/c1-3-4-7-32(2)30-53-48(59)35-12-15-44-41(27-35)56-47(58-24-20-51-21-25-58)39-13-10-33(29-45(39)62-44)34-16-17-52-37(26-34)31-54-49(60)36-11-14-43-40(28-36)55-46(57-22-18-50-19-23-57)38-8-5-6-9-42(38)61-43/h4-17,26-29,50-51H,2-3,18-25,30-31H2,1H3,(H,53,59)(H,54,60). The number of nitrogens with one attached hydrogen (secondary N) is 4. The summed E-state index contributed by atoms with van der Waals surface area (Å²) in [5.41, 5.74) is 8.48. The maximum absolute atomic E-state index is 13.7. The predicted octanol–water partition coefficient (Wildman–Crippen LogP) is 7.83. The Hall–Kier alpha value is -5.99. The van der Waals surface area contributed by atoms with Gasteiger partial charge in [0.05, 0.1) is 23.6 Å². The van der Waals surface area contributed by atoms with Crippen LogP contribution in [0, 0.1) is 0 Å². The fraction of sp³-hybridized carbons (Fsp3) is 0.245. The first-order chi connectivity index (χ1) is 30.4. The number of nitrogens with zero attached hydrogens (tertiary/aromatic N) is 5. The van der Waals surface area contributed by atoms with Gasteiger partial charge in [0, 0.05) is 107 Å². The summed E-state index contributed by atoms with van der Waals surface area (Å²) in [5, 5.41) is 13.0. The summed E-state index contributed by atoms with van der Waals surface area (Å²) < 4.78 is 0. The molecule has 5 aromatic rings. The Morgan fingerprint density at radius 3 is 1.95 bits per heavy atom. The Balaban J connectivity index is 0.933. The number of aliphatic imine (C=N–C) groups is 2. The molecule has 0 bridgehead atoms. The lowest BCUT2D eigenvalue weighted by Gasteiger charge is -2.31. The maximum atomic E-state index is 13.7. The molecule has 0 radical (unpaired) electrons. The van der Waals surface area contributed by atoms with Crippen LogP contribution >= 0.6 is 23.5 Å². The third kappa shape index (κ3) is 9.26. The van der Waals surface area contributed by atoms with Crippen molar-refractivity contribution < 1.29 is 9.59 Å². The second kappa shape index (κ2) is 19.0. The zero-order chi connectivity index (χ0) is 42.4. The monoisotopic (exact) mass is 859 g/mol. The van der Waals surface area contributed by atoms with Gasteiger partial charge in [-0.2, -0.15) is 0 Å². The highest BCUT2D eigenvalue weighted by atomic mass is 32.2. The Morgan fingerprint density at radius 1 is 0.694 bits per heavy atom. The van der Waals surface area contributed by atoms with Crippen LogP contribution in [0.2, 0.25) is 0 Å². The molecule has 4 aromatic carbocycles. The highest BCUT2D eigenvalue weighted by Gasteiger charge is 2.26. The van der Waals surface area contributed by atoms with Gasteiger partial charge in [-0.1, -0.05) is 73.4 Å². The van der Waals surface area contributed by atoms with Crippen molar-refractivity contribution in [3.8, 4) is 11.1 Å². The number of rotatable bonds is 9. The number of hydrogen-bond acceptors (Lipinski definition) is 11. The summed E-state index contributed by atoms with van der Waals surface area (Å²) in [4.78, 5) is 50.9. The van der Waals surface area contributed by atoms with Gasteiger partial charge in [-0.05, 0) is 89.9 Å². The summed E-state index contributed by atoms with van der Waals surface area (Å²) in [6.07, 6.45) is 6.69. The van der Waals surface area contributed by atoms with Gasteiger partial charge in [-0.3, -0.25) is 14.6 Å². The van der Waals surface area contributed by atoms with Gasteiger partial charge in [0.25, 0.3) is 11.8 Å². The first-order valence-corrected chi connectivity index (χ1v) is 22.9. The van der Waals surface area contributed by atoms with E-state index in [1.807, 2.05) is 60.7 Å². The summed E-state index contributed by atoms with van der Waals surface area (Å²) in [5.74, 6) is 1.52. The SMILES string of the molecule is C=C(C=CCC)CNC(=O)c1ccc2c(c1)N=C(N1CCNCC1)c1ccc(-c3ccnc(CNC(=O)c4ccc5c(c4)N=C(N4CCNCC4)c4ccccc4S5)c3)cc1S2. The molecule has 13 heteroatoms. The van der Waals surface area contributed by atoms with E-state index in [0.717, 1.165) is 135 Å². The lowest BCUT2D eigenvalue weighted by Crippen LogP contribution is -2.46. The normalized spacial score (nSPS) is 15.8. The lowest BCUT2D eigenvalue weighted by molar-refractivity contribution is 0.0945. The average Bonchev–Trinajstić information content (AvgIpc) is 3.59. The van der Waals surface area contributed by atoms with Gasteiger partial charge in [-0.25, -0.2) is 9.98 Å². The number of carbonyl (C=O) groups is 2. The minimum absolute atomic E-state index is 0.158. The number of benzene rings is 4. The van der Waals surface area contributed by atoms with Crippen LogP contribution in [0.15, 0.2) is 151 Å². The van der Waals surface area contributed by atoms with Gasteiger partial charge in [0.15, 0.2) is 0 Å². The summed E-state index contributed by atoms with van der Waals surface area (Å²) in [6.45, 7) is 13.7. The molecule has 0 aliphatic carbocycles. The Kier molecular flexibility index (Phi) is 12.6. The van der Waals surface area contributed by atoms with Crippen LogP contribution in [-0.4, -0.2) is 97.2 Å². The van der Waals surface area contributed by atoms with Gasteiger partial charge in [0.2, 0.25) is 0 Å². The van der Waals surface area contributed by atoms with Crippen molar-refractivity contribution >= 4 is 58.4 Å². The molecule has 314 valence electrons. The van der Waals surface area contributed by atoms with Gasteiger partial charge < -0.3 is 31.1 Å². The Labute approximate surface area is 371 Å². The van der Waals surface area contributed by atoms with E-state index >= 15 is 0 Å². The number of carbonyl (C=O) groups excluding carboxylic acids is 2. The molecule has 5 heterocycles. The van der Waals surface area contributed by atoms with Gasteiger partial charge in [-0.15, -0.1) is 0 Å². The molecule has 9 rings (SSSR count). The smallest absolute Gasteiger partial charge is 0.251 e. The van der Waals surface area contributed by atoms with Crippen molar-refractivity contribution in [3.05, 3.63) is 149 Å². The van der Waals surface area contributed by atoms with Crippen LogP contribution in [0.3, 0.4) is 0 Å². The molecular formula is C49H49N9O2S2. The molecule has 4 N–H and O–H groups in total.